The van der Waals surface area contributed by atoms with E-state index in [0.29, 0.717) is 5.92 Å². The molecule has 0 aliphatic carbocycles. The molecule has 0 aromatic rings. The normalized spacial score (nSPS) is 33.0. The van der Waals surface area contributed by atoms with Crippen LogP contribution in [0.25, 0.3) is 0 Å². The predicted molar refractivity (Wildman–Crippen MR) is 39.8 cm³/mol. The third-order valence-electron chi connectivity index (χ3n) is 2.06. The first-order chi connectivity index (χ1) is 4.86. The Balaban J connectivity index is 2.15. The summed E-state index contributed by atoms with van der Waals surface area (Å²) in [6, 6.07) is 0. The molecular weight excluding hydrogens is 128 g/mol. The van der Waals surface area contributed by atoms with Crippen molar-refractivity contribution in [2.75, 3.05) is 13.2 Å². The minimum atomic E-state index is 0.136. The van der Waals surface area contributed by atoms with E-state index in [0.717, 1.165) is 13.0 Å². The monoisotopic (exact) mass is 144 g/mol. The Morgan fingerprint density at radius 2 is 2.40 bits per heavy atom. The molecule has 0 aromatic carbocycles. The van der Waals surface area contributed by atoms with Crippen molar-refractivity contribution in [2.24, 2.45) is 5.92 Å². The van der Waals surface area contributed by atoms with Crippen LogP contribution in [0.4, 0.5) is 0 Å². The number of hydrogen-bond acceptors (Lipinski definition) is 2. The molecule has 60 valence electrons. The van der Waals surface area contributed by atoms with Gasteiger partial charge in [-0.25, -0.2) is 0 Å². The van der Waals surface area contributed by atoms with E-state index < -0.39 is 0 Å². The number of rotatable bonds is 3. The molecule has 0 amide bonds. The number of ether oxygens (including phenoxy) is 1. The third-order valence-corrected chi connectivity index (χ3v) is 2.06. The maximum atomic E-state index is 8.73. The Bertz CT molecular complexity index is 93.3. The molecule has 1 aliphatic heterocycles. The summed E-state index contributed by atoms with van der Waals surface area (Å²) >= 11 is 0. The smallest absolute Gasteiger partial charge is 0.0809 e. The highest BCUT2D eigenvalue weighted by atomic mass is 16.5. The van der Waals surface area contributed by atoms with Gasteiger partial charge in [0.15, 0.2) is 0 Å². The Morgan fingerprint density at radius 3 is 2.90 bits per heavy atom. The van der Waals surface area contributed by atoms with Crippen molar-refractivity contribution in [1.82, 2.24) is 0 Å². The van der Waals surface area contributed by atoms with Crippen molar-refractivity contribution in [3.8, 4) is 0 Å². The minimum Gasteiger partial charge on any atom is -0.394 e. The second-order valence-electron chi connectivity index (χ2n) is 3.03. The lowest BCUT2D eigenvalue weighted by atomic mass is 10.0. The average Bonchev–Trinajstić information content (AvgIpc) is 2.37. The van der Waals surface area contributed by atoms with Gasteiger partial charge in [-0.05, 0) is 18.8 Å². The highest BCUT2D eigenvalue weighted by molar-refractivity contribution is 4.71. The lowest BCUT2D eigenvalue weighted by Gasteiger charge is -2.03. The first-order valence-corrected chi connectivity index (χ1v) is 4.09. The molecule has 1 saturated heterocycles. The highest BCUT2D eigenvalue weighted by Gasteiger charge is 2.23. The molecular formula is C8H16O2. The molecule has 0 saturated carbocycles. The summed E-state index contributed by atoms with van der Waals surface area (Å²) in [5, 5.41) is 8.73. The zero-order valence-corrected chi connectivity index (χ0v) is 6.55. The van der Waals surface area contributed by atoms with Gasteiger partial charge in [-0.1, -0.05) is 13.3 Å². The molecule has 1 aliphatic rings. The third kappa shape index (κ3) is 1.96. The molecule has 0 spiro atoms. The summed E-state index contributed by atoms with van der Waals surface area (Å²) in [5.74, 6) is 0.710. The first-order valence-electron chi connectivity index (χ1n) is 4.09. The van der Waals surface area contributed by atoms with Gasteiger partial charge in [0.2, 0.25) is 0 Å². The van der Waals surface area contributed by atoms with Crippen LogP contribution in [0.15, 0.2) is 0 Å². The summed E-state index contributed by atoms with van der Waals surface area (Å²) < 4.78 is 5.32. The Morgan fingerprint density at radius 1 is 1.60 bits per heavy atom. The molecule has 1 rings (SSSR count). The van der Waals surface area contributed by atoms with Gasteiger partial charge in [0.1, 0.15) is 0 Å². The van der Waals surface area contributed by atoms with Gasteiger partial charge in [-0.15, -0.1) is 0 Å². The number of hydrogen-bond donors (Lipinski definition) is 1. The lowest BCUT2D eigenvalue weighted by Crippen LogP contribution is -2.09. The van der Waals surface area contributed by atoms with Crippen molar-refractivity contribution in [3.05, 3.63) is 0 Å². The van der Waals surface area contributed by atoms with Gasteiger partial charge < -0.3 is 9.84 Å². The molecule has 1 fully saturated rings. The summed E-state index contributed by atoms with van der Waals surface area (Å²) in [6.07, 6.45) is 3.67. The van der Waals surface area contributed by atoms with Crippen LogP contribution in [0.1, 0.15) is 26.2 Å². The summed E-state index contributed by atoms with van der Waals surface area (Å²) in [7, 11) is 0. The van der Waals surface area contributed by atoms with E-state index in [9.17, 15) is 0 Å². The van der Waals surface area contributed by atoms with E-state index in [4.69, 9.17) is 9.84 Å². The fourth-order valence-electron chi connectivity index (χ4n) is 1.52. The van der Waals surface area contributed by atoms with Gasteiger partial charge >= 0.3 is 0 Å². The zero-order valence-electron chi connectivity index (χ0n) is 6.55. The largest absolute Gasteiger partial charge is 0.394 e. The van der Waals surface area contributed by atoms with Gasteiger partial charge in [0.05, 0.1) is 12.7 Å². The Labute approximate surface area is 62.2 Å². The lowest BCUT2D eigenvalue weighted by molar-refractivity contribution is 0.0571. The molecule has 1 unspecified atom stereocenters. The maximum absolute atomic E-state index is 8.73. The van der Waals surface area contributed by atoms with Crippen LogP contribution in [0.3, 0.4) is 0 Å². The SMILES string of the molecule is CCC[C@@H]1COC(CO)C1. The fourth-order valence-corrected chi connectivity index (χ4v) is 1.52. The molecule has 10 heavy (non-hydrogen) atoms. The molecule has 2 nitrogen and oxygen atoms in total. The zero-order chi connectivity index (χ0) is 7.40. The van der Waals surface area contributed by atoms with Crippen molar-refractivity contribution in [3.63, 3.8) is 0 Å². The van der Waals surface area contributed by atoms with Gasteiger partial charge in [-0.2, -0.15) is 0 Å². The van der Waals surface area contributed by atoms with Crippen LogP contribution < -0.4 is 0 Å². The molecule has 2 atom stereocenters. The summed E-state index contributed by atoms with van der Waals surface area (Å²) in [5.41, 5.74) is 0. The molecule has 1 heterocycles. The standard InChI is InChI=1S/C8H16O2/c1-2-3-7-4-8(5-9)10-6-7/h7-9H,2-6H2,1H3/t7-,8?/m0/s1. The van der Waals surface area contributed by atoms with E-state index >= 15 is 0 Å². The van der Waals surface area contributed by atoms with Gasteiger partial charge in [-0.3, -0.25) is 0 Å². The molecule has 0 aromatic heterocycles. The quantitative estimate of drug-likeness (QED) is 0.644. The topological polar surface area (TPSA) is 29.5 Å². The van der Waals surface area contributed by atoms with Crippen LogP contribution >= 0.6 is 0 Å². The maximum Gasteiger partial charge on any atom is 0.0809 e. The van der Waals surface area contributed by atoms with Crippen molar-refractivity contribution < 1.29 is 9.84 Å². The van der Waals surface area contributed by atoms with E-state index in [1.54, 1.807) is 0 Å². The molecule has 1 N–H and O–H groups in total. The molecule has 0 radical (unpaired) electrons. The van der Waals surface area contributed by atoms with Gasteiger partial charge in [0, 0.05) is 6.61 Å². The van der Waals surface area contributed by atoms with Crippen molar-refractivity contribution in [2.45, 2.75) is 32.3 Å². The van der Waals surface area contributed by atoms with Crippen molar-refractivity contribution >= 4 is 0 Å². The van der Waals surface area contributed by atoms with E-state index in [1.807, 2.05) is 0 Å². The Kier molecular flexibility index (Phi) is 3.16. The second-order valence-corrected chi connectivity index (χ2v) is 3.03. The Hall–Kier alpha value is -0.0800. The number of aliphatic hydroxyl groups excluding tert-OH is 1. The van der Waals surface area contributed by atoms with Crippen LogP contribution in [0.5, 0.6) is 0 Å². The van der Waals surface area contributed by atoms with Crippen LogP contribution in [-0.2, 0) is 4.74 Å². The number of aliphatic hydroxyl groups is 1. The van der Waals surface area contributed by atoms with Crippen LogP contribution in [0, 0.1) is 5.92 Å². The predicted octanol–water partition coefficient (Wildman–Crippen LogP) is 1.18. The van der Waals surface area contributed by atoms with Crippen molar-refractivity contribution in [1.29, 1.82) is 0 Å². The van der Waals surface area contributed by atoms with E-state index in [1.165, 1.54) is 12.8 Å². The van der Waals surface area contributed by atoms with Crippen LogP contribution in [0.2, 0.25) is 0 Å². The average molecular weight is 144 g/mol. The summed E-state index contributed by atoms with van der Waals surface area (Å²) in [4.78, 5) is 0. The van der Waals surface area contributed by atoms with Gasteiger partial charge in [0.25, 0.3) is 0 Å². The fraction of sp³-hybridized carbons (Fsp3) is 1.00. The molecule has 2 heteroatoms. The first kappa shape index (κ1) is 8.02. The van der Waals surface area contributed by atoms with Crippen LogP contribution in [-0.4, -0.2) is 24.4 Å². The second kappa shape index (κ2) is 3.94. The highest BCUT2D eigenvalue weighted by Crippen LogP contribution is 2.22. The van der Waals surface area contributed by atoms with E-state index in [2.05, 4.69) is 6.92 Å². The molecule has 0 bridgehead atoms. The summed E-state index contributed by atoms with van der Waals surface area (Å²) in [6.45, 7) is 3.24. The minimum absolute atomic E-state index is 0.136. The van der Waals surface area contributed by atoms with E-state index in [-0.39, 0.29) is 12.7 Å².